The lowest BCUT2D eigenvalue weighted by Crippen LogP contribution is -2.36. The van der Waals surface area contributed by atoms with Gasteiger partial charge in [-0.25, -0.2) is 4.98 Å². The summed E-state index contributed by atoms with van der Waals surface area (Å²) in [6, 6.07) is 4.08. The van der Waals surface area contributed by atoms with Gasteiger partial charge in [-0.15, -0.1) is 0 Å². The van der Waals surface area contributed by atoms with Gasteiger partial charge in [0.05, 0.1) is 6.20 Å². The topological polar surface area (TPSA) is 62.5 Å². The number of amides is 1. The minimum Gasteiger partial charge on any atom is -0.354 e. The van der Waals surface area contributed by atoms with Crippen molar-refractivity contribution in [3.63, 3.8) is 0 Å². The van der Waals surface area contributed by atoms with E-state index in [1.54, 1.807) is 12.4 Å². The van der Waals surface area contributed by atoms with Crippen LogP contribution in [0.3, 0.4) is 0 Å². The molecule has 1 N–H and O–H groups in total. The van der Waals surface area contributed by atoms with E-state index in [-0.39, 0.29) is 11.9 Å². The van der Waals surface area contributed by atoms with Gasteiger partial charge in [-0.05, 0) is 12.5 Å². The van der Waals surface area contributed by atoms with Gasteiger partial charge >= 0.3 is 0 Å². The van der Waals surface area contributed by atoms with Crippen LogP contribution in [0, 0.1) is 0 Å². The van der Waals surface area contributed by atoms with Crippen molar-refractivity contribution in [1.29, 1.82) is 0 Å². The average molecular weight is 259 g/mol. The second kappa shape index (κ2) is 4.87. The van der Waals surface area contributed by atoms with Crippen LogP contribution in [0.25, 0.3) is 5.65 Å². The summed E-state index contributed by atoms with van der Waals surface area (Å²) in [5.41, 5.74) is 0.846. The van der Waals surface area contributed by atoms with Crippen LogP contribution in [-0.2, 0) is 4.79 Å². The number of carbonyl (C=O) groups excluding carboxylic acids is 1. The van der Waals surface area contributed by atoms with E-state index in [4.69, 9.17) is 0 Å². The predicted molar refractivity (Wildman–Crippen MR) is 72.0 cm³/mol. The highest BCUT2D eigenvalue weighted by atomic mass is 16.1. The van der Waals surface area contributed by atoms with Gasteiger partial charge in [0.15, 0.2) is 5.65 Å². The smallest absolute Gasteiger partial charge is 0.219 e. The monoisotopic (exact) mass is 259 g/mol. The normalized spacial score (nSPS) is 19.0. The summed E-state index contributed by atoms with van der Waals surface area (Å²) in [6.45, 7) is 3.62. The Morgan fingerprint density at radius 2 is 2.37 bits per heavy atom. The molecule has 6 heteroatoms. The molecule has 0 radical (unpaired) electrons. The van der Waals surface area contributed by atoms with Gasteiger partial charge in [-0.1, -0.05) is 6.92 Å². The fraction of sp³-hybridized carbons (Fsp3) is 0.462. The van der Waals surface area contributed by atoms with E-state index in [0.717, 1.165) is 31.0 Å². The van der Waals surface area contributed by atoms with Gasteiger partial charge < -0.3 is 10.2 Å². The van der Waals surface area contributed by atoms with E-state index in [9.17, 15) is 4.79 Å². The first-order chi connectivity index (χ1) is 9.28. The summed E-state index contributed by atoms with van der Waals surface area (Å²) in [5, 5.41) is 7.33. The number of aromatic nitrogens is 3. The van der Waals surface area contributed by atoms with E-state index in [2.05, 4.69) is 20.3 Å². The molecule has 0 aliphatic carbocycles. The maximum absolute atomic E-state index is 11.4. The molecule has 3 rings (SSSR count). The number of nitrogens with zero attached hydrogens (tertiary/aromatic N) is 4. The third kappa shape index (κ3) is 2.25. The molecule has 1 aliphatic rings. The van der Waals surface area contributed by atoms with Crippen molar-refractivity contribution >= 4 is 17.4 Å². The highest BCUT2D eigenvalue weighted by Gasteiger charge is 2.25. The molecule has 3 heterocycles. The molecule has 6 nitrogen and oxygen atoms in total. The molecule has 1 unspecified atom stereocenters. The molecule has 2 aromatic rings. The van der Waals surface area contributed by atoms with Gasteiger partial charge in [-0.2, -0.15) is 9.61 Å². The Hall–Kier alpha value is -2.11. The van der Waals surface area contributed by atoms with Crippen LogP contribution < -0.4 is 10.2 Å². The Morgan fingerprint density at radius 1 is 1.47 bits per heavy atom. The predicted octanol–water partition coefficient (Wildman–Crippen LogP) is 0.834. The molecule has 1 fully saturated rings. The van der Waals surface area contributed by atoms with Crippen LogP contribution in [0.15, 0.2) is 24.5 Å². The van der Waals surface area contributed by atoms with Crippen molar-refractivity contribution in [3.05, 3.63) is 24.5 Å². The standard InChI is InChI=1S/C13H17N5O/c1-2-12(19)16-10-5-8-17(9-10)13-4-6-14-11-3-7-15-18(11)13/h3-4,6-7,10H,2,5,8-9H2,1H3,(H,16,19). The Balaban J connectivity index is 1.77. The maximum Gasteiger partial charge on any atom is 0.219 e. The molecule has 1 amide bonds. The van der Waals surface area contributed by atoms with E-state index in [1.807, 2.05) is 23.6 Å². The van der Waals surface area contributed by atoms with Crippen molar-refractivity contribution in [2.24, 2.45) is 0 Å². The third-order valence-corrected chi connectivity index (χ3v) is 3.47. The number of rotatable bonds is 3. The number of nitrogens with one attached hydrogen (secondary N) is 1. The van der Waals surface area contributed by atoms with Gasteiger partial charge in [0.1, 0.15) is 5.82 Å². The molecular weight excluding hydrogens is 242 g/mol. The molecule has 19 heavy (non-hydrogen) atoms. The van der Waals surface area contributed by atoms with Crippen molar-refractivity contribution in [2.75, 3.05) is 18.0 Å². The molecular formula is C13H17N5O. The van der Waals surface area contributed by atoms with Crippen LogP contribution in [0.2, 0.25) is 0 Å². The fourth-order valence-corrected chi connectivity index (χ4v) is 2.48. The van der Waals surface area contributed by atoms with Crippen molar-refractivity contribution < 1.29 is 4.79 Å². The molecule has 0 bridgehead atoms. The number of fused-ring (bicyclic) bond motifs is 1. The SMILES string of the molecule is CCC(=O)NC1CCN(c2ccnc3ccnn23)C1. The molecule has 100 valence electrons. The Morgan fingerprint density at radius 3 is 3.21 bits per heavy atom. The zero-order valence-corrected chi connectivity index (χ0v) is 10.9. The van der Waals surface area contributed by atoms with Crippen molar-refractivity contribution in [1.82, 2.24) is 19.9 Å². The Bertz CT molecular complexity index is 593. The first-order valence-electron chi connectivity index (χ1n) is 6.61. The number of hydrogen-bond acceptors (Lipinski definition) is 4. The lowest BCUT2D eigenvalue weighted by atomic mass is 10.2. The lowest BCUT2D eigenvalue weighted by Gasteiger charge is -2.19. The maximum atomic E-state index is 11.4. The second-order valence-corrected chi connectivity index (χ2v) is 4.76. The van der Waals surface area contributed by atoms with E-state index in [1.165, 1.54) is 0 Å². The molecule has 0 aromatic carbocycles. The largest absolute Gasteiger partial charge is 0.354 e. The van der Waals surface area contributed by atoms with Gasteiger partial charge in [0.25, 0.3) is 0 Å². The second-order valence-electron chi connectivity index (χ2n) is 4.76. The van der Waals surface area contributed by atoms with Gasteiger partial charge in [-0.3, -0.25) is 4.79 Å². The summed E-state index contributed by atoms with van der Waals surface area (Å²) < 4.78 is 1.84. The summed E-state index contributed by atoms with van der Waals surface area (Å²) in [4.78, 5) is 17.9. The van der Waals surface area contributed by atoms with Crippen molar-refractivity contribution in [3.8, 4) is 0 Å². The van der Waals surface area contributed by atoms with Crippen LogP contribution in [0.4, 0.5) is 5.82 Å². The molecule has 1 saturated heterocycles. The van der Waals surface area contributed by atoms with Gasteiger partial charge in [0.2, 0.25) is 5.91 Å². The van der Waals surface area contributed by atoms with Crippen LogP contribution in [-0.4, -0.2) is 39.6 Å². The van der Waals surface area contributed by atoms with E-state index < -0.39 is 0 Å². The molecule has 0 spiro atoms. The van der Waals surface area contributed by atoms with E-state index >= 15 is 0 Å². The minimum absolute atomic E-state index is 0.116. The number of hydrogen-bond donors (Lipinski definition) is 1. The average Bonchev–Trinajstić information content (AvgIpc) is 3.06. The van der Waals surface area contributed by atoms with Gasteiger partial charge in [0, 0.05) is 37.8 Å². The van der Waals surface area contributed by atoms with E-state index in [0.29, 0.717) is 6.42 Å². The first-order valence-corrected chi connectivity index (χ1v) is 6.61. The summed E-state index contributed by atoms with van der Waals surface area (Å²) >= 11 is 0. The lowest BCUT2D eigenvalue weighted by molar-refractivity contribution is -0.121. The molecule has 0 saturated carbocycles. The summed E-state index contributed by atoms with van der Waals surface area (Å²) in [7, 11) is 0. The summed E-state index contributed by atoms with van der Waals surface area (Å²) in [5.74, 6) is 1.15. The fourth-order valence-electron chi connectivity index (χ4n) is 2.48. The van der Waals surface area contributed by atoms with Crippen LogP contribution in [0.1, 0.15) is 19.8 Å². The Labute approximate surface area is 111 Å². The minimum atomic E-state index is 0.116. The van der Waals surface area contributed by atoms with Crippen LogP contribution >= 0.6 is 0 Å². The highest BCUT2D eigenvalue weighted by Crippen LogP contribution is 2.20. The Kier molecular flexibility index (Phi) is 3.06. The number of anilines is 1. The van der Waals surface area contributed by atoms with Crippen molar-refractivity contribution in [2.45, 2.75) is 25.8 Å². The highest BCUT2D eigenvalue weighted by molar-refractivity contribution is 5.76. The zero-order chi connectivity index (χ0) is 13.2. The first kappa shape index (κ1) is 12.0. The molecule has 1 atom stereocenters. The molecule has 1 aliphatic heterocycles. The quantitative estimate of drug-likeness (QED) is 0.887. The van der Waals surface area contributed by atoms with Crippen LogP contribution in [0.5, 0.6) is 0 Å². The number of carbonyl (C=O) groups is 1. The molecule has 2 aromatic heterocycles. The third-order valence-electron chi connectivity index (χ3n) is 3.47. The zero-order valence-electron chi connectivity index (χ0n) is 10.9. The summed E-state index contributed by atoms with van der Waals surface area (Å²) in [6.07, 6.45) is 5.05.